The molecule has 2 N–H and O–H groups in total. The van der Waals surface area contributed by atoms with Crippen molar-refractivity contribution in [2.45, 2.75) is 25.8 Å². The van der Waals surface area contributed by atoms with E-state index in [4.69, 9.17) is 0 Å². The van der Waals surface area contributed by atoms with Gasteiger partial charge in [-0.15, -0.1) is 0 Å². The van der Waals surface area contributed by atoms with Gasteiger partial charge in [0.1, 0.15) is 5.69 Å². The van der Waals surface area contributed by atoms with Gasteiger partial charge in [0.2, 0.25) is 5.91 Å². The van der Waals surface area contributed by atoms with Gasteiger partial charge in [0.25, 0.3) is 5.56 Å². The summed E-state index contributed by atoms with van der Waals surface area (Å²) in [4.78, 5) is 24.6. The van der Waals surface area contributed by atoms with Crippen LogP contribution in [0.5, 0.6) is 0 Å². The van der Waals surface area contributed by atoms with Crippen LogP contribution < -0.4 is 16.2 Å². The molecule has 1 aliphatic heterocycles. The molecule has 3 rings (SSSR count). The highest BCUT2D eigenvalue weighted by Crippen LogP contribution is 2.14. The molecule has 0 aliphatic carbocycles. The Bertz CT molecular complexity index is 734. The van der Waals surface area contributed by atoms with E-state index in [1.165, 1.54) is 0 Å². The van der Waals surface area contributed by atoms with Crippen molar-refractivity contribution in [2.75, 3.05) is 18.4 Å². The third-order valence-electron chi connectivity index (χ3n) is 4.43. The van der Waals surface area contributed by atoms with E-state index in [1.807, 2.05) is 30.3 Å². The maximum atomic E-state index is 12.5. The summed E-state index contributed by atoms with van der Waals surface area (Å²) in [5, 5.41) is 6.07. The van der Waals surface area contributed by atoms with Gasteiger partial charge in [0.15, 0.2) is 0 Å². The van der Waals surface area contributed by atoms with Crippen LogP contribution in [-0.2, 0) is 11.3 Å². The van der Waals surface area contributed by atoms with Crippen molar-refractivity contribution in [1.29, 1.82) is 0 Å². The second-order valence-electron chi connectivity index (χ2n) is 6.29. The molecule has 2 aromatic rings. The van der Waals surface area contributed by atoms with Crippen LogP contribution in [0.1, 0.15) is 24.8 Å². The maximum Gasteiger partial charge on any atom is 0.274 e. The molecule has 126 valence electrons. The third-order valence-corrected chi connectivity index (χ3v) is 4.43. The summed E-state index contributed by atoms with van der Waals surface area (Å²) in [5.41, 5.74) is 1.23. The highest BCUT2D eigenvalue weighted by Gasteiger charge is 2.16. The smallest absolute Gasteiger partial charge is 0.274 e. The predicted molar refractivity (Wildman–Crippen MR) is 95.1 cm³/mol. The van der Waals surface area contributed by atoms with E-state index in [0.29, 0.717) is 24.6 Å². The minimum absolute atomic E-state index is 0.0866. The molecule has 0 saturated carbocycles. The van der Waals surface area contributed by atoms with Gasteiger partial charge in [-0.1, -0.05) is 30.3 Å². The first-order chi connectivity index (χ1) is 11.7. The standard InChI is InChI=1S/C19H23N3O2/c23-18(9-8-15-10-11-20-13-15)21-17-7-4-12-22(19(17)24)14-16-5-2-1-3-6-16/h1-7,12,15,20H,8-11,13-14H2,(H,21,23). The fraction of sp³-hybridized carbons (Fsp3) is 0.368. The normalized spacial score (nSPS) is 16.9. The van der Waals surface area contributed by atoms with Crippen LogP contribution in [0.2, 0.25) is 0 Å². The largest absolute Gasteiger partial charge is 0.321 e. The Morgan fingerprint density at radius 2 is 2.04 bits per heavy atom. The summed E-state index contributed by atoms with van der Waals surface area (Å²) in [5.74, 6) is 0.484. The Morgan fingerprint density at radius 1 is 1.21 bits per heavy atom. The van der Waals surface area contributed by atoms with Crippen LogP contribution >= 0.6 is 0 Å². The molecule has 1 aromatic heterocycles. The molecule has 1 aliphatic rings. The van der Waals surface area contributed by atoms with Crippen LogP contribution in [0.25, 0.3) is 0 Å². The van der Waals surface area contributed by atoms with Gasteiger partial charge in [0, 0.05) is 12.6 Å². The molecule has 0 radical (unpaired) electrons. The summed E-state index contributed by atoms with van der Waals surface area (Å²) in [6.07, 6.45) is 4.20. The molecule has 1 aromatic carbocycles. The minimum Gasteiger partial charge on any atom is -0.321 e. The van der Waals surface area contributed by atoms with Gasteiger partial charge in [-0.25, -0.2) is 0 Å². The Kier molecular flexibility index (Phi) is 5.43. The summed E-state index contributed by atoms with van der Waals surface area (Å²) in [6, 6.07) is 13.3. The summed E-state index contributed by atoms with van der Waals surface area (Å²) < 4.78 is 1.62. The Morgan fingerprint density at radius 3 is 2.79 bits per heavy atom. The zero-order valence-corrected chi connectivity index (χ0v) is 13.7. The van der Waals surface area contributed by atoms with Crippen molar-refractivity contribution in [2.24, 2.45) is 5.92 Å². The van der Waals surface area contributed by atoms with E-state index in [9.17, 15) is 9.59 Å². The predicted octanol–water partition coefficient (Wildman–Crippen LogP) is 2.22. The van der Waals surface area contributed by atoms with Crippen LogP contribution in [0.3, 0.4) is 0 Å². The number of anilines is 1. The molecule has 24 heavy (non-hydrogen) atoms. The fourth-order valence-electron chi connectivity index (χ4n) is 3.05. The number of nitrogens with one attached hydrogen (secondary N) is 2. The highest BCUT2D eigenvalue weighted by atomic mass is 16.2. The maximum absolute atomic E-state index is 12.5. The monoisotopic (exact) mass is 325 g/mol. The molecular formula is C19H23N3O2. The number of aromatic nitrogens is 1. The summed E-state index contributed by atoms with van der Waals surface area (Å²) >= 11 is 0. The highest BCUT2D eigenvalue weighted by molar-refractivity contribution is 5.90. The van der Waals surface area contributed by atoms with E-state index < -0.39 is 0 Å². The third kappa shape index (κ3) is 4.32. The number of nitrogens with zero attached hydrogens (tertiary/aromatic N) is 1. The van der Waals surface area contributed by atoms with Crippen molar-refractivity contribution in [1.82, 2.24) is 9.88 Å². The first kappa shape index (κ1) is 16.5. The van der Waals surface area contributed by atoms with Gasteiger partial charge < -0.3 is 15.2 Å². The average molecular weight is 325 g/mol. The van der Waals surface area contributed by atoms with Crippen LogP contribution in [-0.4, -0.2) is 23.6 Å². The second kappa shape index (κ2) is 7.93. The zero-order chi connectivity index (χ0) is 16.8. The van der Waals surface area contributed by atoms with Crippen LogP contribution in [0.4, 0.5) is 5.69 Å². The lowest BCUT2D eigenvalue weighted by Gasteiger charge is -2.10. The summed E-state index contributed by atoms with van der Waals surface area (Å²) in [7, 11) is 0. The first-order valence-electron chi connectivity index (χ1n) is 8.46. The SMILES string of the molecule is O=C(CCC1CCNC1)Nc1cccn(Cc2ccccc2)c1=O. The Balaban J connectivity index is 1.62. The van der Waals surface area contributed by atoms with Gasteiger partial charge in [-0.3, -0.25) is 9.59 Å². The molecule has 2 heterocycles. The van der Waals surface area contributed by atoms with Crippen LogP contribution in [0, 0.1) is 5.92 Å². The Hall–Kier alpha value is -2.40. The van der Waals surface area contributed by atoms with E-state index in [-0.39, 0.29) is 11.5 Å². The number of pyridine rings is 1. The Labute approximate surface area is 141 Å². The van der Waals surface area contributed by atoms with Gasteiger partial charge in [-0.05, 0) is 49.5 Å². The van der Waals surface area contributed by atoms with Crippen molar-refractivity contribution in [3.63, 3.8) is 0 Å². The molecule has 0 spiro atoms. The number of hydrogen-bond acceptors (Lipinski definition) is 3. The van der Waals surface area contributed by atoms with E-state index in [0.717, 1.165) is 31.5 Å². The first-order valence-corrected chi connectivity index (χ1v) is 8.46. The molecular weight excluding hydrogens is 302 g/mol. The number of amides is 1. The fourth-order valence-corrected chi connectivity index (χ4v) is 3.05. The number of rotatable bonds is 6. The number of benzene rings is 1. The van der Waals surface area contributed by atoms with Crippen molar-refractivity contribution < 1.29 is 4.79 Å². The van der Waals surface area contributed by atoms with Crippen LogP contribution in [0.15, 0.2) is 53.5 Å². The molecule has 5 heteroatoms. The van der Waals surface area contributed by atoms with Gasteiger partial charge >= 0.3 is 0 Å². The molecule has 1 unspecified atom stereocenters. The number of hydrogen-bond donors (Lipinski definition) is 2. The molecule has 1 fully saturated rings. The second-order valence-corrected chi connectivity index (χ2v) is 6.29. The summed E-state index contributed by atoms with van der Waals surface area (Å²) in [6.45, 7) is 2.52. The lowest BCUT2D eigenvalue weighted by molar-refractivity contribution is -0.116. The molecule has 1 amide bonds. The number of carbonyl (C=O) groups excluding carboxylic acids is 1. The molecule has 0 bridgehead atoms. The topological polar surface area (TPSA) is 63.1 Å². The quantitative estimate of drug-likeness (QED) is 0.856. The lowest BCUT2D eigenvalue weighted by Crippen LogP contribution is -2.26. The molecule has 1 saturated heterocycles. The zero-order valence-electron chi connectivity index (χ0n) is 13.7. The molecule has 1 atom stereocenters. The van der Waals surface area contributed by atoms with Gasteiger partial charge in [-0.2, -0.15) is 0 Å². The average Bonchev–Trinajstić information content (AvgIpc) is 3.11. The lowest BCUT2D eigenvalue weighted by atomic mass is 10.0. The number of carbonyl (C=O) groups is 1. The van der Waals surface area contributed by atoms with E-state index in [2.05, 4.69) is 10.6 Å². The van der Waals surface area contributed by atoms with Gasteiger partial charge in [0.05, 0.1) is 6.54 Å². The van der Waals surface area contributed by atoms with E-state index >= 15 is 0 Å². The minimum atomic E-state index is -0.169. The van der Waals surface area contributed by atoms with Crippen molar-refractivity contribution in [3.05, 3.63) is 64.6 Å². The van der Waals surface area contributed by atoms with E-state index in [1.54, 1.807) is 22.9 Å². The van der Waals surface area contributed by atoms with Crippen molar-refractivity contribution in [3.8, 4) is 0 Å². The molecule has 5 nitrogen and oxygen atoms in total. The van der Waals surface area contributed by atoms with Crippen molar-refractivity contribution >= 4 is 11.6 Å².